The minimum Gasteiger partial charge on any atom is -0.298 e. The Morgan fingerprint density at radius 2 is 1.14 bits per heavy atom. The standard InChI is InChI=1S/C12H10O2/c1-3-9-5-11(7-13)12(8-14)6-10(9)4-2/h3-8H,1-2H2. The van der Waals surface area contributed by atoms with Crippen LogP contribution in [0.4, 0.5) is 0 Å². The molecule has 70 valence electrons. The van der Waals surface area contributed by atoms with Crippen LogP contribution in [0.1, 0.15) is 31.8 Å². The molecule has 0 aliphatic carbocycles. The Labute approximate surface area is 82.6 Å². The molecule has 0 unspecified atom stereocenters. The van der Waals surface area contributed by atoms with E-state index in [1.165, 1.54) is 0 Å². The Kier molecular flexibility index (Phi) is 3.13. The van der Waals surface area contributed by atoms with E-state index in [1.807, 2.05) is 0 Å². The average molecular weight is 186 g/mol. The molecule has 0 saturated carbocycles. The van der Waals surface area contributed by atoms with Crippen LogP contribution in [0.5, 0.6) is 0 Å². The summed E-state index contributed by atoms with van der Waals surface area (Å²) in [5.41, 5.74) is 2.35. The van der Waals surface area contributed by atoms with E-state index in [1.54, 1.807) is 24.3 Å². The first-order valence-electron chi connectivity index (χ1n) is 4.10. The maximum atomic E-state index is 10.6. The molecule has 14 heavy (non-hydrogen) atoms. The Morgan fingerprint density at radius 1 is 0.786 bits per heavy atom. The monoisotopic (exact) mass is 186 g/mol. The number of hydrogen-bond donors (Lipinski definition) is 0. The molecule has 0 saturated heterocycles. The van der Waals surface area contributed by atoms with E-state index in [0.717, 1.165) is 11.1 Å². The van der Waals surface area contributed by atoms with Crippen molar-refractivity contribution in [3.63, 3.8) is 0 Å². The van der Waals surface area contributed by atoms with Crippen LogP contribution in [0.25, 0.3) is 12.2 Å². The number of benzene rings is 1. The van der Waals surface area contributed by atoms with E-state index in [9.17, 15) is 9.59 Å². The second-order valence-electron chi connectivity index (χ2n) is 2.75. The third-order valence-electron chi connectivity index (χ3n) is 1.98. The molecule has 1 rings (SSSR count). The van der Waals surface area contributed by atoms with Crippen LogP contribution in [0.3, 0.4) is 0 Å². The summed E-state index contributed by atoms with van der Waals surface area (Å²) in [6, 6.07) is 3.25. The van der Waals surface area contributed by atoms with Gasteiger partial charge in [-0.2, -0.15) is 0 Å². The van der Waals surface area contributed by atoms with E-state index in [4.69, 9.17) is 0 Å². The van der Waals surface area contributed by atoms with Gasteiger partial charge in [0.25, 0.3) is 0 Å². The number of aldehydes is 2. The van der Waals surface area contributed by atoms with Gasteiger partial charge in [0.1, 0.15) is 0 Å². The smallest absolute Gasteiger partial charge is 0.150 e. The number of carbonyl (C=O) groups is 2. The predicted molar refractivity (Wildman–Crippen MR) is 57.4 cm³/mol. The Morgan fingerprint density at radius 3 is 1.36 bits per heavy atom. The lowest BCUT2D eigenvalue weighted by molar-refractivity contribution is 0.109. The Hall–Kier alpha value is -1.96. The first-order valence-corrected chi connectivity index (χ1v) is 4.10. The molecule has 0 heterocycles. The van der Waals surface area contributed by atoms with Gasteiger partial charge in [-0.1, -0.05) is 25.3 Å². The zero-order valence-corrected chi connectivity index (χ0v) is 7.69. The van der Waals surface area contributed by atoms with Crippen LogP contribution >= 0.6 is 0 Å². The number of rotatable bonds is 4. The van der Waals surface area contributed by atoms with Crippen molar-refractivity contribution >= 4 is 24.7 Å². The second kappa shape index (κ2) is 4.33. The molecule has 0 atom stereocenters. The highest BCUT2D eigenvalue weighted by Crippen LogP contribution is 2.17. The van der Waals surface area contributed by atoms with Crippen molar-refractivity contribution < 1.29 is 9.59 Å². The van der Waals surface area contributed by atoms with Gasteiger partial charge in [-0.15, -0.1) is 0 Å². The zero-order chi connectivity index (χ0) is 10.6. The molecule has 0 aliphatic heterocycles. The molecule has 0 fully saturated rings. The van der Waals surface area contributed by atoms with Crippen molar-refractivity contribution in [1.29, 1.82) is 0 Å². The van der Waals surface area contributed by atoms with E-state index < -0.39 is 0 Å². The van der Waals surface area contributed by atoms with E-state index in [0.29, 0.717) is 23.7 Å². The van der Waals surface area contributed by atoms with Gasteiger partial charge in [0.15, 0.2) is 12.6 Å². The van der Waals surface area contributed by atoms with Gasteiger partial charge in [0, 0.05) is 11.1 Å². The number of hydrogen-bond acceptors (Lipinski definition) is 2. The van der Waals surface area contributed by atoms with Crippen molar-refractivity contribution in [2.45, 2.75) is 0 Å². The van der Waals surface area contributed by atoms with Crippen molar-refractivity contribution in [3.8, 4) is 0 Å². The van der Waals surface area contributed by atoms with Crippen molar-refractivity contribution in [2.75, 3.05) is 0 Å². The highest BCUT2D eigenvalue weighted by atomic mass is 16.1. The molecule has 2 heteroatoms. The molecular weight excluding hydrogens is 176 g/mol. The topological polar surface area (TPSA) is 34.1 Å². The lowest BCUT2D eigenvalue weighted by Crippen LogP contribution is -1.94. The fourth-order valence-corrected chi connectivity index (χ4v) is 1.23. The van der Waals surface area contributed by atoms with Crippen LogP contribution in [-0.4, -0.2) is 12.6 Å². The minimum atomic E-state index is 0.375. The fourth-order valence-electron chi connectivity index (χ4n) is 1.23. The molecule has 0 aliphatic rings. The van der Waals surface area contributed by atoms with Crippen LogP contribution in [0.2, 0.25) is 0 Å². The molecule has 2 nitrogen and oxygen atoms in total. The zero-order valence-electron chi connectivity index (χ0n) is 7.69. The lowest BCUT2D eigenvalue weighted by atomic mass is 9.99. The normalized spacial score (nSPS) is 9.14. The van der Waals surface area contributed by atoms with Crippen LogP contribution in [-0.2, 0) is 0 Å². The maximum absolute atomic E-state index is 10.6. The summed E-state index contributed by atoms with van der Waals surface area (Å²) in [6.45, 7) is 7.24. The van der Waals surface area contributed by atoms with Gasteiger partial charge < -0.3 is 0 Å². The largest absolute Gasteiger partial charge is 0.298 e. The highest BCUT2D eigenvalue weighted by Gasteiger charge is 2.04. The number of carbonyl (C=O) groups excluding carboxylic acids is 2. The maximum Gasteiger partial charge on any atom is 0.150 e. The summed E-state index contributed by atoms with van der Waals surface area (Å²) in [5.74, 6) is 0. The molecule has 0 spiro atoms. The molecule has 0 bridgehead atoms. The van der Waals surface area contributed by atoms with Gasteiger partial charge >= 0.3 is 0 Å². The third kappa shape index (κ3) is 1.69. The van der Waals surface area contributed by atoms with Crippen LogP contribution in [0.15, 0.2) is 25.3 Å². The predicted octanol–water partition coefficient (Wildman–Crippen LogP) is 2.60. The highest BCUT2D eigenvalue weighted by molar-refractivity contribution is 5.92. The Bertz CT molecular complexity index is 329. The molecule has 0 N–H and O–H groups in total. The van der Waals surface area contributed by atoms with E-state index in [-0.39, 0.29) is 0 Å². The van der Waals surface area contributed by atoms with Crippen molar-refractivity contribution in [3.05, 3.63) is 47.5 Å². The average Bonchev–Trinajstić information content (AvgIpc) is 2.26. The SMILES string of the molecule is C=Cc1cc(C=O)c(C=O)cc1C=C. The summed E-state index contributed by atoms with van der Waals surface area (Å²) in [5, 5.41) is 0. The summed E-state index contributed by atoms with van der Waals surface area (Å²) < 4.78 is 0. The van der Waals surface area contributed by atoms with Crippen molar-refractivity contribution in [2.24, 2.45) is 0 Å². The van der Waals surface area contributed by atoms with Gasteiger partial charge in [-0.3, -0.25) is 9.59 Å². The first-order chi connectivity index (χ1) is 6.76. The third-order valence-corrected chi connectivity index (χ3v) is 1.98. The fraction of sp³-hybridized carbons (Fsp3) is 0. The van der Waals surface area contributed by atoms with Gasteiger partial charge in [0.2, 0.25) is 0 Å². The molecule has 0 amide bonds. The first kappa shape index (κ1) is 10.1. The molecular formula is C12H10O2. The van der Waals surface area contributed by atoms with E-state index in [2.05, 4.69) is 13.2 Å². The summed E-state index contributed by atoms with van der Waals surface area (Å²) in [4.78, 5) is 21.3. The van der Waals surface area contributed by atoms with Crippen LogP contribution < -0.4 is 0 Å². The summed E-state index contributed by atoms with van der Waals surface area (Å²) in [6.07, 6.45) is 4.56. The van der Waals surface area contributed by atoms with Gasteiger partial charge in [0.05, 0.1) is 0 Å². The minimum absolute atomic E-state index is 0.375. The molecule has 0 radical (unpaired) electrons. The van der Waals surface area contributed by atoms with E-state index >= 15 is 0 Å². The molecule has 1 aromatic rings. The van der Waals surface area contributed by atoms with Crippen LogP contribution in [0, 0.1) is 0 Å². The quantitative estimate of drug-likeness (QED) is 0.677. The molecule has 1 aromatic carbocycles. The summed E-state index contributed by atoms with van der Waals surface area (Å²) >= 11 is 0. The second-order valence-corrected chi connectivity index (χ2v) is 2.75. The summed E-state index contributed by atoms with van der Waals surface area (Å²) in [7, 11) is 0. The lowest BCUT2D eigenvalue weighted by Gasteiger charge is -2.04. The molecule has 0 aromatic heterocycles. The Balaban J connectivity index is 3.49. The van der Waals surface area contributed by atoms with Gasteiger partial charge in [-0.05, 0) is 23.3 Å². The van der Waals surface area contributed by atoms with Crippen molar-refractivity contribution in [1.82, 2.24) is 0 Å². The van der Waals surface area contributed by atoms with Gasteiger partial charge in [-0.25, -0.2) is 0 Å².